The molecule has 0 heterocycles. The third kappa shape index (κ3) is 3.74. The van der Waals surface area contributed by atoms with Crippen molar-refractivity contribution in [1.82, 2.24) is 6.15 Å². The summed E-state index contributed by atoms with van der Waals surface area (Å²) in [6.45, 7) is 2.08. The van der Waals surface area contributed by atoms with E-state index in [1.165, 1.54) is 5.56 Å². The van der Waals surface area contributed by atoms with Crippen LogP contribution in [0.4, 0.5) is 0 Å². The lowest BCUT2D eigenvalue weighted by Crippen LogP contribution is -1.62. The van der Waals surface area contributed by atoms with Crippen LogP contribution in [0, 0.1) is 6.92 Å². The summed E-state index contributed by atoms with van der Waals surface area (Å²) in [6, 6.07) is 10.3. The molecule has 1 heteroatoms. The zero-order valence-corrected chi connectivity index (χ0v) is 5.09. The molecule has 1 aromatic carbocycles. The topological polar surface area (TPSA) is 35.0 Å². The van der Waals surface area contributed by atoms with Gasteiger partial charge in [-0.3, -0.25) is 0 Å². The van der Waals surface area contributed by atoms with Gasteiger partial charge >= 0.3 is 0 Å². The van der Waals surface area contributed by atoms with E-state index in [-0.39, 0.29) is 15.0 Å². The van der Waals surface area contributed by atoms with Gasteiger partial charge in [-0.15, -0.1) is 0 Å². The van der Waals surface area contributed by atoms with Crippen LogP contribution in [-0.4, -0.2) is 0 Å². The summed E-state index contributed by atoms with van der Waals surface area (Å²) >= 11 is 0. The van der Waals surface area contributed by atoms with Gasteiger partial charge < -0.3 is 6.15 Å². The highest BCUT2D eigenvalue weighted by atomic mass is 14.0. The average molecular weight is 127 g/mol. The van der Waals surface area contributed by atoms with Gasteiger partial charge in [0.25, 0.3) is 0 Å². The molecule has 0 saturated carbocycles. The molecule has 0 spiro atoms. The summed E-state index contributed by atoms with van der Waals surface area (Å²) in [7, 11) is 0. The predicted octanol–water partition coefficient (Wildman–Crippen LogP) is 3.04. The number of rotatable bonds is 0. The van der Waals surface area contributed by atoms with Crippen LogP contribution in [0.1, 0.15) is 14.4 Å². The van der Waals surface area contributed by atoms with Gasteiger partial charge in [0.1, 0.15) is 0 Å². The monoisotopic (exact) mass is 127 g/mol. The van der Waals surface area contributed by atoms with E-state index in [9.17, 15) is 0 Å². The summed E-state index contributed by atoms with van der Waals surface area (Å²) in [4.78, 5) is 0. The van der Waals surface area contributed by atoms with E-state index in [0.717, 1.165) is 0 Å². The maximum absolute atomic E-state index is 2.08. The van der Waals surface area contributed by atoms with Crippen molar-refractivity contribution in [2.45, 2.75) is 14.4 Å². The van der Waals surface area contributed by atoms with Crippen molar-refractivity contribution < 1.29 is 1.43 Å². The Morgan fingerprint density at radius 3 is 1.78 bits per heavy atom. The largest absolute Gasteiger partial charge is 0.344 e. The lowest BCUT2D eigenvalue weighted by atomic mass is 10.2. The Morgan fingerprint density at radius 1 is 1.11 bits per heavy atom. The number of hydrogen-bond acceptors (Lipinski definition) is 1. The molecule has 0 saturated heterocycles. The Morgan fingerprint density at radius 2 is 1.56 bits per heavy atom. The lowest BCUT2D eigenvalue weighted by Gasteiger charge is -1.82. The van der Waals surface area contributed by atoms with E-state index in [1.54, 1.807) is 0 Å². The molecule has 0 fully saturated rings. The summed E-state index contributed by atoms with van der Waals surface area (Å²) in [5.41, 5.74) is 1.32. The zero-order valence-electron chi connectivity index (χ0n) is 5.09. The van der Waals surface area contributed by atoms with Crippen molar-refractivity contribution in [3.8, 4) is 0 Å². The van der Waals surface area contributed by atoms with Gasteiger partial charge in [-0.1, -0.05) is 43.3 Å². The van der Waals surface area contributed by atoms with E-state index < -0.39 is 0 Å². The molecular weight excluding hydrogens is 110 g/mol. The Labute approximate surface area is 58.8 Å². The maximum atomic E-state index is 2.08. The number of benzene rings is 1. The zero-order chi connectivity index (χ0) is 5.11. The summed E-state index contributed by atoms with van der Waals surface area (Å²) in [5.74, 6) is 0. The van der Waals surface area contributed by atoms with Gasteiger partial charge in [-0.05, 0) is 6.92 Å². The van der Waals surface area contributed by atoms with Gasteiger partial charge in [-0.2, -0.15) is 0 Å². The highest BCUT2D eigenvalue weighted by molar-refractivity contribution is 5.11. The summed E-state index contributed by atoms with van der Waals surface area (Å²) in [5, 5.41) is 0. The fourth-order valence-corrected chi connectivity index (χ4v) is 0.534. The quantitative estimate of drug-likeness (QED) is 0.571. The minimum Gasteiger partial charge on any atom is -0.344 e. The van der Waals surface area contributed by atoms with Gasteiger partial charge in [-0.25, -0.2) is 0 Å². The van der Waals surface area contributed by atoms with E-state index in [2.05, 4.69) is 19.1 Å². The highest BCUT2D eigenvalue weighted by Crippen LogP contribution is 1.92. The maximum Gasteiger partial charge on any atom is 0 e. The van der Waals surface area contributed by atoms with E-state index in [4.69, 9.17) is 0 Å². The van der Waals surface area contributed by atoms with Crippen LogP contribution in [0.2, 0.25) is 0 Å². The molecule has 54 valence electrons. The van der Waals surface area contributed by atoms with Gasteiger partial charge in [0.2, 0.25) is 0 Å². The van der Waals surface area contributed by atoms with E-state index in [0.29, 0.717) is 0 Å². The average Bonchev–Trinajstić information content (AvgIpc) is 1.69. The Hall–Kier alpha value is -0.820. The van der Waals surface area contributed by atoms with Crippen molar-refractivity contribution in [3.05, 3.63) is 35.9 Å². The summed E-state index contributed by atoms with van der Waals surface area (Å²) in [6.07, 6.45) is 0. The van der Waals surface area contributed by atoms with Crippen molar-refractivity contribution in [1.29, 1.82) is 0 Å². The first-order valence-electron chi connectivity index (χ1n) is 2.41. The fourth-order valence-electron chi connectivity index (χ4n) is 0.534. The van der Waals surface area contributed by atoms with E-state index >= 15 is 0 Å². The molecule has 3 N–H and O–H groups in total. The second-order valence-electron chi connectivity index (χ2n) is 1.65. The minimum atomic E-state index is 0. The first kappa shape index (κ1) is 11.0. The Balaban J connectivity index is -0.000000163. The molecular formula is C8H17N. The van der Waals surface area contributed by atoms with Crippen LogP contribution < -0.4 is 6.15 Å². The van der Waals surface area contributed by atoms with Crippen molar-refractivity contribution in [3.63, 3.8) is 0 Å². The molecule has 0 atom stereocenters. The molecule has 0 aliphatic heterocycles. The minimum absolute atomic E-state index is 0. The molecule has 9 heavy (non-hydrogen) atoms. The normalized spacial score (nSPS) is 6.78. The van der Waals surface area contributed by atoms with Crippen LogP contribution >= 0.6 is 0 Å². The summed E-state index contributed by atoms with van der Waals surface area (Å²) < 4.78 is 0. The SMILES string of the molecule is C.Cc1ccccc1.N.[HH]. The number of hydrogen-bond donors (Lipinski definition) is 1. The molecule has 0 radical (unpaired) electrons. The Bertz CT molecular complexity index is 139. The molecule has 0 aliphatic rings. The molecule has 1 nitrogen and oxygen atoms in total. The van der Waals surface area contributed by atoms with Crippen LogP contribution in [-0.2, 0) is 0 Å². The first-order chi connectivity index (χ1) is 3.39. The van der Waals surface area contributed by atoms with Crippen LogP contribution in [0.5, 0.6) is 0 Å². The third-order valence-electron chi connectivity index (χ3n) is 0.940. The molecule has 0 aromatic heterocycles. The Kier molecular flexibility index (Phi) is 6.53. The fraction of sp³-hybridized carbons (Fsp3) is 0.250. The van der Waals surface area contributed by atoms with Crippen LogP contribution in [0.25, 0.3) is 0 Å². The second-order valence-corrected chi connectivity index (χ2v) is 1.65. The predicted molar refractivity (Wildman–Crippen MR) is 45.0 cm³/mol. The van der Waals surface area contributed by atoms with Crippen LogP contribution in [0.15, 0.2) is 30.3 Å². The molecule has 1 rings (SSSR count). The van der Waals surface area contributed by atoms with Gasteiger partial charge in [0.15, 0.2) is 0 Å². The third-order valence-corrected chi connectivity index (χ3v) is 0.940. The smallest absolute Gasteiger partial charge is 0 e. The molecule has 0 bridgehead atoms. The van der Waals surface area contributed by atoms with E-state index in [1.807, 2.05) is 18.2 Å². The highest BCUT2D eigenvalue weighted by Gasteiger charge is 1.72. The molecule has 0 aliphatic carbocycles. The lowest BCUT2D eigenvalue weighted by molar-refractivity contribution is 1.48. The standard InChI is InChI=1S/C7H8.CH4.H3N.H2/c1-7-5-3-2-4-6-7;;;/h2-6H,1H3;1H4;1H3;1H. The molecule has 0 amide bonds. The van der Waals surface area contributed by atoms with Gasteiger partial charge in [0.05, 0.1) is 0 Å². The second kappa shape index (κ2) is 5.32. The molecule has 1 aromatic rings. The van der Waals surface area contributed by atoms with Crippen molar-refractivity contribution >= 4 is 0 Å². The first-order valence-corrected chi connectivity index (χ1v) is 2.41. The van der Waals surface area contributed by atoms with Crippen molar-refractivity contribution in [2.75, 3.05) is 0 Å². The van der Waals surface area contributed by atoms with Crippen molar-refractivity contribution in [2.24, 2.45) is 0 Å². The van der Waals surface area contributed by atoms with Gasteiger partial charge in [0, 0.05) is 1.43 Å². The molecule has 0 unspecified atom stereocenters. The number of aryl methyl sites for hydroxylation is 1. The van der Waals surface area contributed by atoms with Crippen LogP contribution in [0.3, 0.4) is 0 Å².